The monoisotopic (exact) mass is 347 g/mol. The van der Waals surface area contributed by atoms with Crippen molar-refractivity contribution in [2.75, 3.05) is 0 Å². The summed E-state index contributed by atoms with van der Waals surface area (Å²) in [6.45, 7) is 0.798. The van der Waals surface area contributed by atoms with Crippen molar-refractivity contribution in [3.05, 3.63) is 101 Å². The van der Waals surface area contributed by atoms with Crippen LogP contribution in [0.3, 0.4) is 0 Å². The van der Waals surface area contributed by atoms with E-state index < -0.39 is 0 Å². The summed E-state index contributed by atoms with van der Waals surface area (Å²) in [5.74, 6) is 0.671. The van der Waals surface area contributed by atoms with Gasteiger partial charge in [0.05, 0.1) is 6.61 Å². The summed E-state index contributed by atoms with van der Waals surface area (Å²) in [6, 6.07) is 24.5. The highest BCUT2D eigenvalue weighted by Crippen LogP contribution is 2.13. The Hall–Kier alpha value is -3.11. The van der Waals surface area contributed by atoms with Gasteiger partial charge < -0.3 is 15.2 Å². The Morgan fingerprint density at radius 1 is 0.846 bits per heavy atom. The second kappa shape index (κ2) is 8.83. The maximum atomic E-state index is 12.3. The van der Waals surface area contributed by atoms with Crippen molar-refractivity contribution in [3.8, 4) is 5.75 Å². The fraction of sp³-hybridized carbons (Fsp3) is 0.136. The first kappa shape index (κ1) is 17.7. The van der Waals surface area contributed by atoms with Gasteiger partial charge in [-0.05, 0) is 41.0 Å². The number of carbonyl (C=O) groups excluding carboxylic acids is 1. The van der Waals surface area contributed by atoms with E-state index in [-0.39, 0.29) is 12.5 Å². The third kappa shape index (κ3) is 4.71. The Labute approximate surface area is 153 Å². The first-order chi connectivity index (χ1) is 12.8. The van der Waals surface area contributed by atoms with Gasteiger partial charge in [-0.3, -0.25) is 4.79 Å². The molecule has 4 nitrogen and oxygen atoms in total. The summed E-state index contributed by atoms with van der Waals surface area (Å²) in [4.78, 5) is 12.3. The Kier molecular flexibility index (Phi) is 6.01. The molecule has 132 valence electrons. The highest BCUT2D eigenvalue weighted by molar-refractivity contribution is 5.94. The number of carbonyl (C=O) groups is 1. The molecule has 0 aliphatic carbocycles. The van der Waals surface area contributed by atoms with Crippen LogP contribution >= 0.6 is 0 Å². The van der Waals surface area contributed by atoms with E-state index in [0.717, 1.165) is 22.4 Å². The van der Waals surface area contributed by atoms with E-state index in [1.165, 1.54) is 0 Å². The lowest BCUT2D eigenvalue weighted by Gasteiger charge is -2.10. The van der Waals surface area contributed by atoms with E-state index in [1.54, 1.807) is 12.1 Å². The average Bonchev–Trinajstić information content (AvgIpc) is 2.72. The van der Waals surface area contributed by atoms with Gasteiger partial charge in [0, 0.05) is 12.1 Å². The molecule has 0 aliphatic heterocycles. The number of ether oxygens (including phenoxy) is 1. The van der Waals surface area contributed by atoms with E-state index in [1.807, 2.05) is 66.7 Å². The summed E-state index contributed by atoms with van der Waals surface area (Å²) in [5.41, 5.74) is 3.32. The SMILES string of the molecule is O=C(NCc1ccccc1CO)c1ccc(COc2ccccc2)cc1. The van der Waals surface area contributed by atoms with Crippen molar-refractivity contribution in [1.29, 1.82) is 0 Å². The molecular weight excluding hydrogens is 326 g/mol. The standard InChI is InChI=1S/C22H21NO3/c24-15-20-7-5-4-6-19(20)14-23-22(25)18-12-10-17(11-13-18)16-26-21-8-2-1-3-9-21/h1-13,24H,14-16H2,(H,23,25). The van der Waals surface area contributed by atoms with Gasteiger partial charge in [0.15, 0.2) is 0 Å². The number of hydrogen-bond acceptors (Lipinski definition) is 3. The van der Waals surface area contributed by atoms with E-state index in [9.17, 15) is 9.90 Å². The summed E-state index contributed by atoms with van der Waals surface area (Å²) in [6.07, 6.45) is 0. The van der Waals surface area contributed by atoms with Gasteiger partial charge in [0.1, 0.15) is 12.4 Å². The molecule has 0 aliphatic rings. The van der Waals surface area contributed by atoms with Crippen molar-refractivity contribution in [1.82, 2.24) is 5.32 Å². The van der Waals surface area contributed by atoms with Gasteiger partial charge in [0.25, 0.3) is 5.91 Å². The minimum Gasteiger partial charge on any atom is -0.489 e. The second-order valence-corrected chi connectivity index (χ2v) is 5.91. The fourth-order valence-electron chi connectivity index (χ4n) is 2.60. The molecule has 1 amide bonds. The molecule has 0 fully saturated rings. The quantitative estimate of drug-likeness (QED) is 0.685. The van der Waals surface area contributed by atoms with Crippen molar-refractivity contribution < 1.29 is 14.6 Å². The molecule has 26 heavy (non-hydrogen) atoms. The maximum Gasteiger partial charge on any atom is 0.251 e. The zero-order valence-electron chi connectivity index (χ0n) is 14.4. The number of hydrogen-bond donors (Lipinski definition) is 2. The predicted molar refractivity (Wildman–Crippen MR) is 101 cm³/mol. The molecule has 0 radical (unpaired) electrons. The molecule has 2 N–H and O–H groups in total. The number of amides is 1. The minimum atomic E-state index is -0.145. The zero-order chi connectivity index (χ0) is 18.2. The van der Waals surface area contributed by atoms with Crippen LogP contribution < -0.4 is 10.1 Å². The smallest absolute Gasteiger partial charge is 0.251 e. The molecule has 0 saturated carbocycles. The summed E-state index contributed by atoms with van der Waals surface area (Å²) >= 11 is 0. The van der Waals surface area contributed by atoms with Crippen LogP contribution in [0.1, 0.15) is 27.0 Å². The van der Waals surface area contributed by atoms with Crippen LogP contribution in [0.25, 0.3) is 0 Å². The molecule has 0 heterocycles. The third-order valence-corrected chi connectivity index (χ3v) is 4.09. The Morgan fingerprint density at radius 3 is 2.19 bits per heavy atom. The number of nitrogens with one attached hydrogen (secondary N) is 1. The topological polar surface area (TPSA) is 58.6 Å². The largest absolute Gasteiger partial charge is 0.489 e. The lowest BCUT2D eigenvalue weighted by atomic mass is 10.1. The van der Waals surface area contributed by atoms with Crippen LogP contribution in [0.4, 0.5) is 0 Å². The molecule has 0 bridgehead atoms. The van der Waals surface area contributed by atoms with E-state index in [0.29, 0.717) is 18.7 Å². The number of aliphatic hydroxyl groups is 1. The lowest BCUT2D eigenvalue weighted by molar-refractivity contribution is 0.0950. The first-order valence-electron chi connectivity index (χ1n) is 8.49. The lowest BCUT2D eigenvalue weighted by Crippen LogP contribution is -2.23. The maximum absolute atomic E-state index is 12.3. The van der Waals surface area contributed by atoms with Crippen molar-refractivity contribution in [2.45, 2.75) is 19.8 Å². The minimum absolute atomic E-state index is 0.0395. The second-order valence-electron chi connectivity index (χ2n) is 5.91. The fourth-order valence-corrected chi connectivity index (χ4v) is 2.60. The highest BCUT2D eigenvalue weighted by Gasteiger charge is 2.07. The van der Waals surface area contributed by atoms with Crippen LogP contribution in [0.15, 0.2) is 78.9 Å². The molecular formula is C22H21NO3. The van der Waals surface area contributed by atoms with Gasteiger partial charge in [-0.1, -0.05) is 54.6 Å². The Bertz CT molecular complexity index is 845. The van der Waals surface area contributed by atoms with Gasteiger partial charge in [-0.25, -0.2) is 0 Å². The Morgan fingerprint density at radius 2 is 1.50 bits per heavy atom. The average molecular weight is 347 g/mol. The van der Waals surface area contributed by atoms with Crippen LogP contribution in [0.5, 0.6) is 5.75 Å². The molecule has 0 spiro atoms. The van der Waals surface area contributed by atoms with Gasteiger partial charge in [-0.2, -0.15) is 0 Å². The van der Waals surface area contributed by atoms with Crippen LogP contribution in [0.2, 0.25) is 0 Å². The van der Waals surface area contributed by atoms with Crippen molar-refractivity contribution >= 4 is 5.91 Å². The van der Waals surface area contributed by atoms with Crippen LogP contribution in [-0.4, -0.2) is 11.0 Å². The van der Waals surface area contributed by atoms with Gasteiger partial charge >= 0.3 is 0 Å². The zero-order valence-corrected chi connectivity index (χ0v) is 14.4. The van der Waals surface area contributed by atoms with Crippen LogP contribution in [-0.2, 0) is 19.8 Å². The molecule has 0 saturated heterocycles. The molecule has 0 aromatic heterocycles. The molecule has 3 rings (SSSR count). The summed E-state index contributed by atoms with van der Waals surface area (Å²) in [7, 11) is 0. The normalized spacial score (nSPS) is 10.3. The predicted octanol–water partition coefficient (Wildman–Crippen LogP) is 3.69. The highest BCUT2D eigenvalue weighted by atomic mass is 16.5. The van der Waals surface area contributed by atoms with E-state index in [4.69, 9.17) is 4.74 Å². The van der Waals surface area contributed by atoms with Crippen LogP contribution in [0, 0.1) is 0 Å². The molecule has 3 aromatic carbocycles. The summed E-state index contributed by atoms with van der Waals surface area (Å²) in [5, 5.41) is 12.2. The number of aliphatic hydroxyl groups excluding tert-OH is 1. The third-order valence-electron chi connectivity index (χ3n) is 4.09. The number of rotatable bonds is 7. The molecule has 4 heteroatoms. The van der Waals surface area contributed by atoms with Crippen molar-refractivity contribution in [3.63, 3.8) is 0 Å². The summed E-state index contributed by atoms with van der Waals surface area (Å²) < 4.78 is 5.70. The van der Waals surface area contributed by atoms with E-state index >= 15 is 0 Å². The number of benzene rings is 3. The molecule has 3 aromatic rings. The van der Waals surface area contributed by atoms with Crippen molar-refractivity contribution in [2.24, 2.45) is 0 Å². The van der Waals surface area contributed by atoms with E-state index in [2.05, 4.69) is 5.32 Å². The van der Waals surface area contributed by atoms with Gasteiger partial charge in [-0.15, -0.1) is 0 Å². The number of para-hydroxylation sites is 1. The first-order valence-corrected chi connectivity index (χ1v) is 8.49. The molecule has 0 unspecified atom stereocenters. The molecule has 0 atom stereocenters. The Balaban J connectivity index is 1.55. The van der Waals surface area contributed by atoms with Gasteiger partial charge in [0.2, 0.25) is 0 Å².